The molecule has 1 aliphatic rings. The number of aryl methyl sites for hydroxylation is 1. The Morgan fingerprint density at radius 1 is 1.07 bits per heavy atom. The van der Waals surface area contributed by atoms with Crippen LogP contribution in [-0.2, 0) is 5.04 Å². The van der Waals surface area contributed by atoms with E-state index in [0.29, 0.717) is 0 Å². The molecular weight excluding hydrogens is 196 g/mol. The summed E-state index contributed by atoms with van der Waals surface area (Å²) in [7, 11) is 3.90. The van der Waals surface area contributed by atoms with Gasteiger partial charge < -0.3 is 0 Å². The van der Waals surface area contributed by atoms with Gasteiger partial charge in [0.2, 0.25) is 0 Å². The second-order valence-electron chi connectivity index (χ2n) is 4.81. The molecule has 0 bridgehead atoms. The smallest absolute Gasteiger partial charge is 0.0436 e. The van der Waals surface area contributed by atoms with Crippen molar-refractivity contribution in [3.8, 4) is 0 Å². The van der Waals surface area contributed by atoms with Crippen LogP contribution in [0, 0.1) is 13.8 Å². The van der Waals surface area contributed by atoms with Crippen molar-refractivity contribution in [1.82, 2.24) is 0 Å². The van der Waals surface area contributed by atoms with Crippen LogP contribution >= 0.6 is 0 Å². The van der Waals surface area contributed by atoms with Gasteiger partial charge in [0.15, 0.2) is 0 Å². The highest BCUT2D eigenvalue weighted by Crippen LogP contribution is 2.45. The van der Waals surface area contributed by atoms with Crippen LogP contribution in [0.1, 0.15) is 43.0 Å². The summed E-state index contributed by atoms with van der Waals surface area (Å²) in [5.74, 6) is 0. The predicted octanol–water partition coefficient (Wildman–Crippen LogP) is 3.49. The number of fused-ring (bicyclic) bond motifs is 1. The second-order valence-corrected chi connectivity index (χ2v) is 5.81. The molecule has 15 heavy (non-hydrogen) atoms. The molecule has 77 valence electrons. The van der Waals surface area contributed by atoms with Gasteiger partial charge in [0.1, 0.15) is 0 Å². The number of hydrogen-bond acceptors (Lipinski definition) is 0. The van der Waals surface area contributed by atoms with E-state index in [4.69, 9.17) is 0 Å². The van der Waals surface area contributed by atoms with Crippen LogP contribution in [0.4, 0.5) is 0 Å². The van der Waals surface area contributed by atoms with Gasteiger partial charge in [-0.1, -0.05) is 24.6 Å². The average Bonchev–Trinajstić information content (AvgIpc) is 2.34. The predicted molar refractivity (Wildman–Crippen MR) is 67.3 cm³/mol. The summed E-state index contributed by atoms with van der Waals surface area (Å²) in [5.41, 5.74) is 8.53. The third-order valence-electron chi connectivity index (χ3n) is 3.96. The summed E-state index contributed by atoms with van der Waals surface area (Å²) in [6, 6.07) is 4.48. The lowest BCUT2D eigenvalue weighted by Crippen LogP contribution is -2.20. The maximum absolute atomic E-state index is 3.90. The van der Waals surface area contributed by atoms with E-state index in [1.165, 1.54) is 33.4 Å². The monoisotopic (exact) mass is 213 g/mol. The molecule has 0 heterocycles. The van der Waals surface area contributed by atoms with Crippen molar-refractivity contribution in [2.45, 2.75) is 39.7 Å². The van der Waals surface area contributed by atoms with E-state index in [1.54, 1.807) is 0 Å². The maximum Gasteiger partial charge on any atom is 0.0436 e. The van der Waals surface area contributed by atoms with Gasteiger partial charge in [-0.15, -0.1) is 0 Å². The minimum atomic E-state index is 0.0257. The fourth-order valence-corrected chi connectivity index (χ4v) is 2.88. The molecule has 0 spiro atoms. The van der Waals surface area contributed by atoms with Gasteiger partial charge >= 0.3 is 0 Å². The summed E-state index contributed by atoms with van der Waals surface area (Å²) in [5, 5.41) is 0.0257. The van der Waals surface area contributed by atoms with Gasteiger partial charge in [0.05, 0.1) is 0 Å². The quantitative estimate of drug-likeness (QED) is 0.579. The average molecular weight is 213 g/mol. The van der Waals surface area contributed by atoms with Crippen molar-refractivity contribution in [2.24, 2.45) is 0 Å². The Hall–Kier alpha value is -0.823. The highest BCUT2D eigenvalue weighted by Gasteiger charge is 2.34. The molecule has 0 saturated carbocycles. The molecule has 0 aromatic heterocycles. The first-order chi connectivity index (χ1) is 6.87. The highest BCUT2D eigenvalue weighted by atomic mass is 28.1. The van der Waals surface area contributed by atoms with Crippen molar-refractivity contribution in [3.63, 3.8) is 0 Å². The van der Waals surface area contributed by atoms with Crippen LogP contribution in [0.3, 0.4) is 0 Å². The van der Waals surface area contributed by atoms with Crippen LogP contribution in [-0.4, -0.2) is 10.2 Å². The lowest BCUT2D eigenvalue weighted by atomic mass is 9.93. The van der Waals surface area contributed by atoms with Gasteiger partial charge in [-0.25, -0.2) is 0 Å². The Labute approximate surface area is 95.8 Å². The topological polar surface area (TPSA) is 0 Å². The minimum Gasteiger partial charge on any atom is -0.0631 e. The van der Waals surface area contributed by atoms with Gasteiger partial charge in [0.25, 0.3) is 0 Å². The molecule has 2 rings (SSSR count). The molecule has 0 fully saturated rings. The Kier molecular flexibility index (Phi) is 2.20. The molecule has 0 nitrogen and oxygen atoms in total. The van der Waals surface area contributed by atoms with E-state index in [1.807, 2.05) is 0 Å². The van der Waals surface area contributed by atoms with E-state index in [9.17, 15) is 0 Å². The molecule has 1 atom stereocenters. The van der Waals surface area contributed by atoms with Crippen LogP contribution in [0.5, 0.6) is 0 Å². The van der Waals surface area contributed by atoms with E-state index in [-0.39, 0.29) is 5.04 Å². The Balaban J connectivity index is 2.82. The molecular formula is C14H17Si. The third kappa shape index (κ3) is 1.26. The minimum absolute atomic E-state index is 0.0257. The first-order valence-corrected chi connectivity index (χ1v) is 5.91. The summed E-state index contributed by atoms with van der Waals surface area (Å²) in [4.78, 5) is 0. The van der Waals surface area contributed by atoms with Crippen molar-refractivity contribution >= 4 is 15.8 Å². The summed E-state index contributed by atoms with van der Waals surface area (Å²) >= 11 is 0. The molecule has 1 aromatic carbocycles. The van der Waals surface area contributed by atoms with Gasteiger partial charge in [0, 0.05) is 15.3 Å². The first-order valence-electron chi connectivity index (χ1n) is 5.41. The zero-order valence-electron chi connectivity index (χ0n) is 10.2. The largest absolute Gasteiger partial charge is 0.0631 e. The van der Waals surface area contributed by atoms with Crippen LogP contribution in [0.15, 0.2) is 17.7 Å². The Morgan fingerprint density at radius 2 is 1.67 bits per heavy atom. The number of hydrogen-bond donors (Lipinski definition) is 0. The molecule has 1 aromatic rings. The normalized spacial score (nSPS) is 24.7. The van der Waals surface area contributed by atoms with Crippen LogP contribution in [0.2, 0.25) is 0 Å². The fraction of sp³-hybridized carbons (Fsp3) is 0.429. The van der Waals surface area contributed by atoms with Crippen molar-refractivity contribution in [1.29, 1.82) is 0 Å². The van der Waals surface area contributed by atoms with Gasteiger partial charge in [-0.05, 0) is 55.5 Å². The lowest BCUT2D eigenvalue weighted by molar-refractivity contribution is 0.816. The molecule has 0 saturated heterocycles. The van der Waals surface area contributed by atoms with E-state index in [2.05, 4.69) is 57.0 Å². The maximum atomic E-state index is 3.90. The zero-order valence-corrected chi connectivity index (χ0v) is 11.2. The molecule has 3 radical (unpaired) electrons. The van der Waals surface area contributed by atoms with Gasteiger partial charge in [-0.2, -0.15) is 0 Å². The molecule has 0 N–H and O–H groups in total. The van der Waals surface area contributed by atoms with Gasteiger partial charge in [-0.3, -0.25) is 0 Å². The lowest BCUT2D eigenvalue weighted by Gasteiger charge is -2.22. The first kappa shape index (κ1) is 10.7. The molecule has 1 unspecified atom stereocenters. The van der Waals surface area contributed by atoms with E-state index >= 15 is 0 Å². The van der Waals surface area contributed by atoms with Crippen LogP contribution < -0.4 is 0 Å². The van der Waals surface area contributed by atoms with Crippen molar-refractivity contribution in [2.75, 3.05) is 0 Å². The zero-order chi connectivity index (χ0) is 11.4. The highest BCUT2D eigenvalue weighted by molar-refractivity contribution is 6.20. The summed E-state index contributed by atoms with van der Waals surface area (Å²) in [6.07, 6.45) is 0. The van der Waals surface area contributed by atoms with Crippen molar-refractivity contribution < 1.29 is 0 Å². The standard InChI is InChI=1S/C14H17Si/c1-8-6-7-12-13(9(8)2)10(3)11(4)14(12,5)15/h6-7H,1-5H3. The number of benzene rings is 1. The second kappa shape index (κ2) is 3.08. The van der Waals surface area contributed by atoms with E-state index < -0.39 is 0 Å². The summed E-state index contributed by atoms with van der Waals surface area (Å²) in [6.45, 7) is 11.1. The SMILES string of the molecule is CC1=C(C)C(C)([Si])c2ccc(C)c(C)c21. The van der Waals surface area contributed by atoms with Crippen LogP contribution in [0.25, 0.3) is 5.57 Å². The molecule has 0 amide bonds. The molecule has 1 heteroatoms. The molecule has 1 aliphatic carbocycles. The Morgan fingerprint density at radius 3 is 2.27 bits per heavy atom. The third-order valence-corrected chi connectivity index (χ3v) is 4.61. The van der Waals surface area contributed by atoms with E-state index in [0.717, 1.165) is 0 Å². The number of rotatable bonds is 0. The fourth-order valence-electron chi connectivity index (χ4n) is 2.48. The molecule has 0 aliphatic heterocycles. The van der Waals surface area contributed by atoms with Crippen molar-refractivity contribution in [3.05, 3.63) is 40.0 Å². The number of allylic oxidation sites excluding steroid dienone is 2. The Bertz CT molecular complexity index is 464. The summed E-state index contributed by atoms with van der Waals surface area (Å²) < 4.78 is 0.